The Morgan fingerprint density at radius 2 is 2.10 bits per heavy atom. The molecule has 20 heavy (non-hydrogen) atoms. The van der Waals surface area contributed by atoms with Crippen molar-refractivity contribution in [3.05, 3.63) is 11.9 Å². The van der Waals surface area contributed by atoms with Gasteiger partial charge >= 0.3 is 0 Å². The molecule has 0 aromatic carbocycles. The summed E-state index contributed by atoms with van der Waals surface area (Å²) in [5, 5.41) is 0. The van der Waals surface area contributed by atoms with Crippen LogP contribution in [0.1, 0.15) is 32.3 Å². The quantitative estimate of drug-likeness (QED) is 0.894. The Kier molecular flexibility index (Phi) is 4.76. The van der Waals surface area contributed by atoms with Crippen LogP contribution in [0.25, 0.3) is 0 Å². The van der Waals surface area contributed by atoms with Crippen molar-refractivity contribution in [1.29, 1.82) is 0 Å². The molecular formula is C14H23N5O. The highest BCUT2D eigenvalue weighted by Gasteiger charge is 2.20. The molecule has 0 bridgehead atoms. The van der Waals surface area contributed by atoms with E-state index in [2.05, 4.69) is 21.8 Å². The smallest absolute Gasteiger partial charge is 0.219 e. The third-order valence-electron chi connectivity index (χ3n) is 3.70. The molecule has 1 saturated heterocycles. The monoisotopic (exact) mass is 277 g/mol. The zero-order chi connectivity index (χ0) is 14.5. The highest BCUT2D eigenvalue weighted by molar-refractivity contribution is 5.73. The predicted molar refractivity (Wildman–Crippen MR) is 79.5 cm³/mol. The largest absolute Gasteiger partial charge is 0.383 e. The fraction of sp³-hybridized carbons (Fsp3) is 0.643. The molecule has 2 N–H and O–H groups in total. The number of anilines is 2. The van der Waals surface area contributed by atoms with Crippen molar-refractivity contribution in [3.63, 3.8) is 0 Å². The van der Waals surface area contributed by atoms with Crippen molar-refractivity contribution in [2.75, 3.05) is 36.8 Å². The molecule has 110 valence electrons. The Hall–Kier alpha value is -1.85. The van der Waals surface area contributed by atoms with Crippen LogP contribution in [0, 0.1) is 0 Å². The van der Waals surface area contributed by atoms with Crippen LogP contribution in [0.15, 0.2) is 6.33 Å². The predicted octanol–water partition coefficient (Wildman–Crippen LogP) is 1.07. The summed E-state index contributed by atoms with van der Waals surface area (Å²) in [6.07, 6.45) is 4.37. The lowest BCUT2D eigenvalue weighted by atomic mass is 10.1. The third-order valence-corrected chi connectivity index (χ3v) is 3.70. The van der Waals surface area contributed by atoms with Gasteiger partial charge in [0, 0.05) is 38.7 Å². The summed E-state index contributed by atoms with van der Waals surface area (Å²) in [7, 11) is 0. The Bertz CT molecular complexity index is 477. The van der Waals surface area contributed by atoms with Gasteiger partial charge < -0.3 is 15.5 Å². The number of nitrogens with two attached hydrogens (primary N) is 1. The summed E-state index contributed by atoms with van der Waals surface area (Å²) in [6, 6.07) is 0. The Labute approximate surface area is 120 Å². The summed E-state index contributed by atoms with van der Waals surface area (Å²) in [5.41, 5.74) is 7.02. The van der Waals surface area contributed by atoms with Gasteiger partial charge in [-0.15, -0.1) is 0 Å². The van der Waals surface area contributed by atoms with Crippen molar-refractivity contribution in [2.24, 2.45) is 0 Å². The molecule has 1 aromatic rings. The lowest BCUT2D eigenvalue weighted by molar-refractivity contribution is -0.128. The van der Waals surface area contributed by atoms with E-state index in [9.17, 15) is 4.79 Å². The van der Waals surface area contributed by atoms with Gasteiger partial charge in [0.1, 0.15) is 18.0 Å². The Balaban J connectivity index is 2.19. The number of hydrogen-bond donors (Lipinski definition) is 1. The molecule has 0 atom stereocenters. The van der Waals surface area contributed by atoms with Crippen molar-refractivity contribution in [3.8, 4) is 0 Å². The van der Waals surface area contributed by atoms with Gasteiger partial charge in [0.05, 0.1) is 0 Å². The van der Waals surface area contributed by atoms with E-state index < -0.39 is 0 Å². The first-order chi connectivity index (χ1) is 9.63. The van der Waals surface area contributed by atoms with Gasteiger partial charge in [-0.3, -0.25) is 4.79 Å². The number of nitrogen functional groups attached to an aromatic ring is 1. The van der Waals surface area contributed by atoms with E-state index in [1.165, 1.54) is 6.33 Å². The second kappa shape index (κ2) is 6.54. The number of carbonyl (C=O) groups excluding carboxylic acids is 1. The molecule has 0 spiro atoms. The number of carbonyl (C=O) groups is 1. The average Bonchev–Trinajstić information content (AvgIpc) is 2.67. The number of hydrogen-bond acceptors (Lipinski definition) is 5. The van der Waals surface area contributed by atoms with E-state index in [1.807, 2.05) is 4.90 Å². The van der Waals surface area contributed by atoms with Gasteiger partial charge in [0.25, 0.3) is 0 Å². The second-order valence-electron chi connectivity index (χ2n) is 5.16. The maximum absolute atomic E-state index is 11.5. The van der Waals surface area contributed by atoms with Gasteiger partial charge in [-0.1, -0.05) is 13.3 Å². The first kappa shape index (κ1) is 14.6. The minimum absolute atomic E-state index is 0.142. The van der Waals surface area contributed by atoms with Crippen molar-refractivity contribution in [1.82, 2.24) is 14.9 Å². The zero-order valence-electron chi connectivity index (χ0n) is 12.3. The normalized spacial score (nSPS) is 16.1. The highest BCUT2D eigenvalue weighted by atomic mass is 16.2. The molecule has 0 saturated carbocycles. The van der Waals surface area contributed by atoms with Crippen LogP contribution in [-0.4, -0.2) is 47.0 Å². The molecule has 0 radical (unpaired) electrons. The number of nitrogens with zero attached hydrogens (tertiary/aromatic N) is 4. The van der Waals surface area contributed by atoms with Gasteiger partial charge in [-0.05, 0) is 12.8 Å². The van der Waals surface area contributed by atoms with E-state index in [1.54, 1.807) is 6.92 Å². The number of amides is 1. The standard InChI is InChI=1S/C14H23N5O/c1-3-5-12-13(15)16-10-17-14(12)19-7-4-6-18(8-9-19)11(2)20/h10H,3-9H2,1-2H3,(H2,15,16,17). The lowest BCUT2D eigenvalue weighted by Gasteiger charge is -2.24. The highest BCUT2D eigenvalue weighted by Crippen LogP contribution is 2.24. The molecule has 1 aliphatic heterocycles. The summed E-state index contributed by atoms with van der Waals surface area (Å²) in [4.78, 5) is 24.1. The van der Waals surface area contributed by atoms with Crippen LogP contribution < -0.4 is 10.6 Å². The van der Waals surface area contributed by atoms with Crippen LogP contribution in [0.2, 0.25) is 0 Å². The second-order valence-corrected chi connectivity index (χ2v) is 5.16. The van der Waals surface area contributed by atoms with Crippen LogP contribution in [0.5, 0.6) is 0 Å². The Morgan fingerprint density at radius 1 is 1.30 bits per heavy atom. The summed E-state index contributed by atoms with van der Waals surface area (Å²) < 4.78 is 0. The van der Waals surface area contributed by atoms with Gasteiger partial charge in [0.2, 0.25) is 5.91 Å². The SMILES string of the molecule is CCCc1c(N)ncnc1N1CCCN(C(C)=O)CC1. The maximum Gasteiger partial charge on any atom is 0.219 e. The van der Waals surface area contributed by atoms with E-state index in [-0.39, 0.29) is 5.91 Å². The van der Waals surface area contributed by atoms with Crippen LogP contribution in [-0.2, 0) is 11.2 Å². The van der Waals surface area contributed by atoms with Gasteiger partial charge in [0.15, 0.2) is 0 Å². The third kappa shape index (κ3) is 3.18. The van der Waals surface area contributed by atoms with E-state index in [4.69, 9.17) is 5.73 Å². The molecule has 2 rings (SSSR count). The maximum atomic E-state index is 11.5. The summed E-state index contributed by atoms with van der Waals surface area (Å²) >= 11 is 0. The lowest BCUT2D eigenvalue weighted by Crippen LogP contribution is -2.34. The van der Waals surface area contributed by atoms with Crippen molar-refractivity contribution in [2.45, 2.75) is 33.1 Å². The van der Waals surface area contributed by atoms with Gasteiger partial charge in [-0.25, -0.2) is 9.97 Å². The fourth-order valence-corrected chi connectivity index (χ4v) is 2.62. The van der Waals surface area contributed by atoms with Crippen LogP contribution in [0.4, 0.5) is 11.6 Å². The summed E-state index contributed by atoms with van der Waals surface area (Å²) in [6.45, 7) is 7.00. The van der Waals surface area contributed by atoms with Crippen LogP contribution >= 0.6 is 0 Å². The number of rotatable bonds is 3. The molecule has 0 unspecified atom stereocenters. The minimum Gasteiger partial charge on any atom is -0.383 e. The first-order valence-electron chi connectivity index (χ1n) is 7.23. The Morgan fingerprint density at radius 3 is 2.80 bits per heavy atom. The molecule has 6 nitrogen and oxygen atoms in total. The molecule has 1 fully saturated rings. The molecular weight excluding hydrogens is 254 g/mol. The molecule has 1 amide bonds. The van der Waals surface area contributed by atoms with Gasteiger partial charge in [-0.2, -0.15) is 0 Å². The molecule has 1 aromatic heterocycles. The average molecular weight is 277 g/mol. The molecule has 0 aliphatic carbocycles. The topological polar surface area (TPSA) is 75.3 Å². The fourth-order valence-electron chi connectivity index (χ4n) is 2.62. The van der Waals surface area contributed by atoms with E-state index in [0.29, 0.717) is 5.82 Å². The summed E-state index contributed by atoms with van der Waals surface area (Å²) in [5.74, 6) is 1.65. The molecule has 1 aliphatic rings. The zero-order valence-corrected chi connectivity index (χ0v) is 12.3. The van der Waals surface area contributed by atoms with E-state index >= 15 is 0 Å². The van der Waals surface area contributed by atoms with Crippen molar-refractivity contribution >= 4 is 17.5 Å². The molecule has 6 heteroatoms. The molecule has 2 heterocycles. The van der Waals surface area contributed by atoms with E-state index in [0.717, 1.165) is 56.8 Å². The van der Waals surface area contributed by atoms with Crippen molar-refractivity contribution < 1.29 is 4.79 Å². The van der Waals surface area contributed by atoms with Crippen LogP contribution in [0.3, 0.4) is 0 Å². The first-order valence-corrected chi connectivity index (χ1v) is 7.23. The number of aromatic nitrogens is 2. The minimum atomic E-state index is 0.142.